The lowest BCUT2D eigenvalue weighted by Gasteiger charge is -2.33. The van der Waals surface area contributed by atoms with E-state index in [0.717, 1.165) is 18.4 Å². The van der Waals surface area contributed by atoms with Crippen LogP contribution in [-0.2, 0) is 5.41 Å². The number of fused-ring (bicyclic) bond motifs is 1. The van der Waals surface area contributed by atoms with Crippen molar-refractivity contribution in [2.45, 2.75) is 31.3 Å². The summed E-state index contributed by atoms with van der Waals surface area (Å²) in [6, 6.07) is 15.3. The molecule has 2 aromatic carbocycles. The number of methoxy groups -OCH3 is 1. The molecule has 1 saturated carbocycles. The second-order valence-corrected chi connectivity index (χ2v) is 6.95. The Bertz CT molecular complexity index is 894. The van der Waals surface area contributed by atoms with Crippen molar-refractivity contribution in [3.8, 4) is 17.6 Å². The van der Waals surface area contributed by atoms with Crippen molar-refractivity contribution >= 4 is 11.6 Å². The first-order valence-corrected chi connectivity index (χ1v) is 8.75. The van der Waals surface area contributed by atoms with E-state index in [0.29, 0.717) is 29.3 Å². The SMILES string of the molecule is COc1ccc2c(c1)N(C(=O)c1ccc(C3(C#N)CC3)cc1)C[C@H](C)O2. The number of nitriles is 1. The highest BCUT2D eigenvalue weighted by Crippen LogP contribution is 2.47. The number of amides is 1. The van der Waals surface area contributed by atoms with Crippen molar-refractivity contribution in [1.29, 1.82) is 5.26 Å². The van der Waals surface area contributed by atoms with Crippen molar-refractivity contribution in [2.75, 3.05) is 18.6 Å². The summed E-state index contributed by atoms with van der Waals surface area (Å²) in [5.41, 5.74) is 1.97. The molecule has 1 aliphatic carbocycles. The molecule has 5 heteroatoms. The fourth-order valence-electron chi connectivity index (χ4n) is 3.41. The van der Waals surface area contributed by atoms with E-state index < -0.39 is 0 Å². The van der Waals surface area contributed by atoms with Gasteiger partial charge in [-0.3, -0.25) is 4.79 Å². The molecule has 5 nitrogen and oxygen atoms in total. The largest absolute Gasteiger partial charge is 0.497 e. The first kappa shape index (κ1) is 16.5. The lowest BCUT2D eigenvalue weighted by molar-refractivity contribution is 0.0961. The Morgan fingerprint density at radius 2 is 2.00 bits per heavy atom. The second-order valence-electron chi connectivity index (χ2n) is 6.95. The van der Waals surface area contributed by atoms with Crippen LogP contribution in [0.3, 0.4) is 0 Å². The molecular weight excluding hydrogens is 328 g/mol. The van der Waals surface area contributed by atoms with Gasteiger partial charge in [-0.05, 0) is 49.6 Å². The lowest BCUT2D eigenvalue weighted by Crippen LogP contribution is -2.42. The van der Waals surface area contributed by atoms with Gasteiger partial charge in [-0.1, -0.05) is 12.1 Å². The summed E-state index contributed by atoms with van der Waals surface area (Å²) in [6.45, 7) is 2.42. The third kappa shape index (κ3) is 2.68. The number of hydrogen-bond donors (Lipinski definition) is 0. The molecule has 0 aromatic heterocycles. The van der Waals surface area contributed by atoms with E-state index in [2.05, 4.69) is 6.07 Å². The number of rotatable bonds is 3. The van der Waals surface area contributed by atoms with Crippen LogP contribution in [-0.4, -0.2) is 25.7 Å². The maximum Gasteiger partial charge on any atom is 0.258 e. The highest BCUT2D eigenvalue weighted by Gasteiger charge is 2.44. The summed E-state index contributed by atoms with van der Waals surface area (Å²) in [5.74, 6) is 1.28. The fraction of sp³-hybridized carbons (Fsp3) is 0.333. The predicted molar refractivity (Wildman–Crippen MR) is 97.7 cm³/mol. The topological polar surface area (TPSA) is 62.6 Å². The predicted octanol–water partition coefficient (Wildman–Crippen LogP) is 3.68. The van der Waals surface area contributed by atoms with Gasteiger partial charge in [0, 0.05) is 11.6 Å². The summed E-state index contributed by atoms with van der Waals surface area (Å²) >= 11 is 0. The van der Waals surface area contributed by atoms with E-state index in [9.17, 15) is 10.1 Å². The molecule has 0 unspecified atom stereocenters. The van der Waals surface area contributed by atoms with Gasteiger partial charge in [0.1, 0.15) is 17.6 Å². The van der Waals surface area contributed by atoms with Gasteiger partial charge in [0.15, 0.2) is 0 Å². The zero-order chi connectivity index (χ0) is 18.3. The molecule has 4 rings (SSSR count). The van der Waals surface area contributed by atoms with Gasteiger partial charge in [-0.15, -0.1) is 0 Å². The van der Waals surface area contributed by atoms with Crippen molar-refractivity contribution < 1.29 is 14.3 Å². The molecule has 26 heavy (non-hydrogen) atoms. The Balaban J connectivity index is 1.65. The number of ether oxygens (including phenoxy) is 2. The van der Waals surface area contributed by atoms with Gasteiger partial charge >= 0.3 is 0 Å². The Hall–Kier alpha value is -3.00. The molecule has 1 fully saturated rings. The van der Waals surface area contributed by atoms with Gasteiger partial charge in [0.05, 0.1) is 30.8 Å². The minimum absolute atomic E-state index is 0.0805. The van der Waals surface area contributed by atoms with E-state index in [1.54, 1.807) is 12.0 Å². The summed E-state index contributed by atoms with van der Waals surface area (Å²) in [5, 5.41) is 9.33. The molecular formula is C21H20N2O3. The van der Waals surface area contributed by atoms with Gasteiger partial charge in [-0.25, -0.2) is 0 Å². The van der Waals surface area contributed by atoms with Crippen LogP contribution >= 0.6 is 0 Å². The third-order valence-corrected chi connectivity index (χ3v) is 5.12. The van der Waals surface area contributed by atoms with E-state index >= 15 is 0 Å². The van der Waals surface area contributed by atoms with E-state index in [1.165, 1.54) is 0 Å². The minimum atomic E-state index is -0.338. The molecule has 0 N–H and O–H groups in total. The van der Waals surface area contributed by atoms with Crippen molar-refractivity contribution in [3.63, 3.8) is 0 Å². The molecule has 0 bridgehead atoms. The smallest absolute Gasteiger partial charge is 0.258 e. The minimum Gasteiger partial charge on any atom is -0.497 e. The van der Waals surface area contributed by atoms with Gasteiger partial charge in [-0.2, -0.15) is 5.26 Å². The van der Waals surface area contributed by atoms with Crippen LogP contribution in [0.4, 0.5) is 5.69 Å². The van der Waals surface area contributed by atoms with Gasteiger partial charge in [0.25, 0.3) is 5.91 Å². The molecule has 2 aliphatic rings. The maximum absolute atomic E-state index is 13.1. The van der Waals surface area contributed by atoms with Crippen LogP contribution in [0.25, 0.3) is 0 Å². The third-order valence-electron chi connectivity index (χ3n) is 5.12. The van der Waals surface area contributed by atoms with Crippen molar-refractivity contribution in [1.82, 2.24) is 0 Å². The first-order valence-electron chi connectivity index (χ1n) is 8.75. The van der Waals surface area contributed by atoms with Crippen molar-refractivity contribution in [2.24, 2.45) is 0 Å². The molecule has 1 heterocycles. The Morgan fingerprint density at radius 3 is 2.62 bits per heavy atom. The molecule has 1 atom stereocenters. The number of carbonyl (C=O) groups is 1. The highest BCUT2D eigenvalue weighted by molar-refractivity contribution is 6.07. The molecule has 0 saturated heterocycles. The number of benzene rings is 2. The number of anilines is 1. The summed E-state index contributed by atoms with van der Waals surface area (Å²) in [4.78, 5) is 14.9. The standard InChI is InChI=1S/C21H20N2O3/c1-14-12-23(18-11-17(25-2)7-8-19(18)26-14)20(24)15-3-5-16(6-4-15)21(13-22)9-10-21/h3-8,11,14H,9-10,12H2,1-2H3/t14-/m0/s1. The van der Waals surface area contributed by atoms with E-state index in [1.807, 2.05) is 49.4 Å². The molecule has 1 aliphatic heterocycles. The first-order chi connectivity index (χ1) is 12.6. The molecule has 2 aromatic rings. The Labute approximate surface area is 152 Å². The zero-order valence-electron chi connectivity index (χ0n) is 14.9. The summed E-state index contributed by atoms with van der Waals surface area (Å²) in [7, 11) is 1.60. The fourth-order valence-corrected chi connectivity index (χ4v) is 3.41. The van der Waals surface area contributed by atoms with E-state index in [-0.39, 0.29) is 17.4 Å². The molecule has 0 radical (unpaired) electrons. The van der Waals surface area contributed by atoms with Crippen LogP contribution in [0.1, 0.15) is 35.7 Å². The van der Waals surface area contributed by atoms with Crippen LogP contribution in [0.15, 0.2) is 42.5 Å². The molecule has 1 amide bonds. The van der Waals surface area contributed by atoms with Crippen molar-refractivity contribution in [3.05, 3.63) is 53.6 Å². The monoisotopic (exact) mass is 348 g/mol. The number of nitrogens with zero attached hydrogens (tertiary/aromatic N) is 2. The van der Waals surface area contributed by atoms with Gasteiger partial charge in [0.2, 0.25) is 0 Å². The van der Waals surface area contributed by atoms with Gasteiger partial charge < -0.3 is 14.4 Å². The Morgan fingerprint density at radius 1 is 1.27 bits per heavy atom. The summed E-state index contributed by atoms with van der Waals surface area (Å²) in [6.07, 6.45) is 1.70. The summed E-state index contributed by atoms with van der Waals surface area (Å²) < 4.78 is 11.1. The normalized spacial score (nSPS) is 19.7. The van der Waals surface area contributed by atoms with Crippen LogP contribution < -0.4 is 14.4 Å². The van der Waals surface area contributed by atoms with E-state index in [4.69, 9.17) is 9.47 Å². The average molecular weight is 348 g/mol. The quantitative estimate of drug-likeness (QED) is 0.849. The van der Waals surface area contributed by atoms with Crippen LogP contribution in [0.2, 0.25) is 0 Å². The Kier molecular flexibility index (Phi) is 3.84. The number of carbonyl (C=O) groups excluding carboxylic acids is 1. The zero-order valence-corrected chi connectivity index (χ0v) is 14.9. The molecule has 132 valence electrons. The number of hydrogen-bond acceptors (Lipinski definition) is 4. The average Bonchev–Trinajstić information content (AvgIpc) is 3.48. The highest BCUT2D eigenvalue weighted by atomic mass is 16.5. The second kappa shape index (κ2) is 6.06. The lowest BCUT2D eigenvalue weighted by atomic mass is 9.96. The maximum atomic E-state index is 13.1. The van der Waals surface area contributed by atoms with Crippen LogP contribution in [0, 0.1) is 11.3 Å². The molecule has 0 spiro atoms. The van der Waals surface area contributed by atoms with Crippen LogP contribution in [0.5, 0.6) is 11.5 Å².